The number of hydrogen-bond acceptors (Lipinski definition) is 3. The van der Waals surface area contributed by atoms with Gasteiger partial charge >= 0.3 is 11.6 Å². The van der Waals surface area contributed by atoms with E-state index in [1.54, 1.807) is 0 Å². The fourth-order valence-electron chi connectivity index (χ4n) is 0.704. The van der Waals surface area contributed by atoms with Gasteiger partial charge in [-0.1, -0.05) is 0 Å². The Balaban J connectivity index is 2.96. The van der Waals surface area contributed by atoms with Crippen LogP contribution in [0.15, 0.2) is 9.32 Å². The zero-order chi connectivity index (χ0) is 8.43. The molecule has 0 saturated heterocycles. The molecule has 1 heterocycles. The van der Waals surface area contributed by atoms with Crippen molar-refractivity contribution in [1.82, 2.24) is 5.16 Å². The molecule has 0 bridgehead atoms. The predicted molar refractivity (Wildman–Crippen MR) is 35.4 cm³/mol. The highest BCUT2D eigenvalue weighted by atomic mass is 16.5. The maximum absolute atomic E-state index is 10.6. The average molecular weight is 157 g/mol. The fourth-order valence-corrected chi connectivity index (χ4v) is 0.704. The van der Waals surface area contributed by atoms with Gasteiger partial charge in [-0.3, -0.25) is 4.79 Å². The lowest BCUT2D eigenvalue weighted by atomic mass is 10.2. The first kappa shape index (κ1) is 7.59. The minimum atomic E-state index is -0.995. The Labute approximate surface area is 61.6 Å². The van der Waals surface area contributed by atoms with Crippen molar-refractivity contribution in [3.63, 3.8) is 0 Å². The van der Waals surface area contributed by atoms with Gasteiger partial charge in [-0.2, -0.15) is 0 Å². The summed E-state index contributed by atoms with van der Waals surface area (Å²) in [5.74, 6) is -0.995. The molecule has 5 nitrogen and oxygen atoms in total. The van der Waals surface area contributed by atoms with Crippen LogP contribution in [0.2, 0.25) is 0 Å². The van der Waals surface area contributed by atoms with Gasteiger partial charge in [0.25, 0.3) is 0 Å². The van der Waals surface area contributed by atoms with Gasteiger partial charge in [0.2, 0.25) is 0 Å². The van der Waals surface area contributed by atoms with E-state index in [4.69, 9.17) is 5.11 Å². The molecule has 0 saturated carbocycles. The van der Waals surface area contributed by atoms with Crippen LogP contribution in [-0.4, -0.2) is 16.2 Å². The van der Waals surface area contributed by atoms with E-state index in [0.29, 0.717) is 11.3 Å². The smallest absolute Gasteiger partial charge is 0.360 e. The second-order valence-corrected chi connectivity index (χ2v) is 2.17. The lowest BCUT2D eigenvalue weighted by Gasteiger charge is -1.88. The Morgan fingerprint density at radius 2 is 2.36 bits per heavy atom. The Hall–Kier alpha value is -1.52. The molecule has 60 valence electrons. The van der Waals surface area contributed by atoms with Crippen molar-refractivity contribution < 1.29 is 14.4 Å². The van der Waals surface area contributed by atoms with Gasteiger partial charge < -0.3 is 9.63 Å². The Morgan fingerprint density at radius 1 is 1.73 bits per heavy atom. The standard InChI is InChI=1S/C6H7NO4/c1-3-4(2-5(8)9)7-11-6(3)10/h7H,2H2,1H3,(H,8,9). The molecule has 1 aromatic rings. The summed E-state index contributed by atoms with van der Waals surface area (Å²) in [7, 11) is 0. The maximum atomic E-state index is 10.6. The number of carboxylic acid groups (broad SMARTS) is 1. The Kier molecular flexibility index (Phi) is 1.80. The quantitative estimate of drug-likeness (QED) is 0.628. The van der Waals surface area contributed by atoms with Crippen LogP contribution in [0.1, 0.15) is 11.3 Å². The van der Waals surface area contributed by atoms with E-state index in [1.165, 1.54) is 6.92 Å². The monoisotopic (exact) mass is 157 g/mol. The van der Waals surface area contributed by atoms with Crippen LogP contribution in [0.25, 0.3) is 0 Å². The molecule has 0 fully saturated rings. The Bertz CT molecular complexity index is 322. The molecule has 0 aromatic carbocycles. The van der Waals surface area contributed by atoms with Crippen molar-refractivity contribution in [3.8, 4) is 0 Å². The second kappa shape index (κ2) is 2.61. The minimum Gasteiger partial charge on any atom is -0.481 e. The molecule has 0 aliphatic carbocycles. The van der Waals surface area contributed by atoms with Gasteiger partial charge in [0.1, 0.15) is 0 Å². The highest BCUT2D eigenvalue weighted by molar-refractivity contribution is 5.69. The number of rotatable bonds is 2. The number of carbonyl (C=O) groups is 1. The molecule has 0 amide bonds. The van der Waals surface area contributed by atoms with Gasteiger partial charge in [0.05, 0.1) is 17.7 Å². The van der Waals surface area contributed by atoms with Crippen LogP contribution < -0.4 is 5.63 Å². The zero-order valence-corrected chi connectivity index (χ0v) is 5.88. The average Bonchev–Trinajstić information content (AvgIpc) is 2.18. The van der Waals surface area contributed by atoms with Gasteiger partial charge in [0, 0.05) is 0 Å². The number of nitrogens with one attached hydrogen (secondary N) is 1. The fraction of sp³-hybridized carbons (Fsp3) is 0.333. The summed E-state index contributed by atoms with van der Waals surface area (Å²) in [5.41, 5.74) is 0.135. The molecular weight excluding hydrogens is 150 g/mol. The molecule has 0 unspecified atom stereocenters. The van der Waals surface area contributed by atoms with E-state index >= 15 is 0 Å². The summed E-state index contributed by atoms with van der Waals surface area (Å²) in [5, 5.41) is 10.6. The van der Waals surface area contributed by atoms with Crippen molar-refractivity contribution in [3.05, 3.63) is 21.7 Å². The molecule has 0 aliphatic rings. The van der Waals surface area contributed by atoms with Crippen LogP contribution in [0, 0.1) is 6.92 Å². The first-order valence-corrected chi connectivity index (χ1v) is 3.00. The van der Waals surface area contributed by atoms with Gasteiger partial charge in [0.15, 0.2) is 0 Å². The summed E-state index contributed by atoms with van der Waals surface area (Å²) in [6.07, 6.45) is -0.211. The normalized spacial score (nSPS) is 9.91. The lowest BCUT2D eigenvalue weighted by Crippen LogP contribution is -2.04. The Morgan fingerprint density at radius 3 is 2.73 bits per heavy atom. The first-order valence-electron chi connectivity index (χ1n) is 3.00. The molecule has 0 radical (unpaired) electrons. The second-order valence-electron chi connectivity index (χ2n) is 2.17. The summed E-state index contributed by atoms with van der Waals surface area (Å²) < 4.78 is 4.35. The number of aliphatic carboxylic acids is 1. The van der Waals surface area contributed by atoms with Crippen LogP contribution in [-0.2, 0) is 11.2 Å². The number of hydrogen-bond donors (Lipinski definition) is 2. The third kappa shape index (κ3) is 1.49. The molecule has 1 rings (SSSR count). The summed E-state index contributed by atoms with van der Waals surface area (Å²) in [4.78, 5) is 20.8. The topological polar surface area (TPSA) is 83.3 Å². The zero-order valence-electron chi connectivity index (χ0n) is 5.88. The largest absolute Gasteiger partial charge is 0.481 e. The molecule has 0 aliphatic heterocycles. The maximum Gasteiger partial charge on any atom is 0.360 e. The van der Waals surface area contributed by atoms with Gasteiger partial charge in [-0.25, -0.2) is 9.95 Å². The third-order valence-corrected chi connectivity index (χ3v) is 1.35. The lowest BCUT2D eigenvalue weighted by molar-refractivity contribution is -0.136. The van der Waals surface area contributed by atoms with Crippen LogP contribution >= 0.6 is 0 Å². The minimum absolute atomic E-state index is 0.211. The van der Waals surface area contributed by atoms with Crippen molar-refractivity contribution in [1.29, 1.82) is 0 Å². The number of aromatic amines is 1. The summed E-state index contributed by atoms with van der Waals surface area (Å²) >= 11 is 0. The van der Waals surface area contributed by atoms with Crippen LogP contribution in [0.5, 0.6) is 0 Å². The molecule has 2 N–H and O–H groups in total. The SMILES string of the molecule is Cc1c(CC(=O)O)[nH]oc1=O. The van der Waals surface area contributed by atoms with Gasteiger partial charge in [-0.05, 0) is 6.92 Å². The first-order chi connectivity index (χ1) is 5.11. The third-order valence-electron chi connectivity index (χ3n) is 1.35. The molecule has 5 heteroatoms. The van der Waals surface area contributed by atoms with Crippen molar-refractivity contribution in [2.45, 2.75) is 13.3 Å². The van der Waals surface area contributed by atoms with E-state index in [-0.39, 0.29) is 6.42 Å². The van der Waals surface area contributed by atoms with Crippen LogP contribution in [0.4, 0.5) is 0 Å². The van der Waals surface area contributed by atoms with E-state index < -0.39 is 11.6 Å². The van der Waals surface area contributed by atoms with Crippen molar-refractivity contribution in [2.75, 3.05) is 0 Å². The van der Waals surface area contributed by atoms with E-state index in [1.807, 2.05) is 0 Å². The highest BCUT2D eigenvalue weighted by Crippen LogP contribution is 1.98. The van der Waals surface area contributed by atoms with Gasteiger partial charge in [-0.15, -0.1) is 0 Å². The van der Waals surface area contributed by atoms with Crippen LogP contribution in [0.3, 0.4) is 0 Å². The van der Waals surface area contributed by atoms with Crippen molar-refractivity contribution in [2.24, 2.45) is 0 Å². The van der Waals surface area contributed by atoms with Crippen molar-refractivity contribution >= 4 is 5.97 Å². The molecule has 0 atom stereocenters. The molecular formula is C6H7NO4. The predicted octanol–water partition coefficient (Wildman–Crippen LogP) is -0.0966. The number of aromatic nitrogens is 1. The number of H-pyrrole nitrogens is 1. The van der Waals surface area contributed by atoms with E-state index in [9.17, 15) is 9.59 Å². The molecule has 11 heavy (non-hydrogen) atoms. The number of carboxylic acids is 1. The summed E-state index contributed by atoms with van der Waals surface area (Å²) in [6, 6.07) is 0. The highest BCUT2D eigenvalue weighted by Gasteiger charge is 2.09. The summed E-state index contributed by atoms with van der Waals surface area (Å²) in [6.45, 7) is 1.51. The van der Waals surface area contributed by atoms with E-state index in [0.717, 1.165) is 0 Å². The molecule has 0 spiro atoms. The van der Waals surface area contributed by atoms with E-state index in [2.05, 4.69) is 9.68 Å². The molecule has 1 aromatic heterocycles.